The molecule has 0 amide bonds. The molecular weight excluding hydrogens is 751 g/mol. The zero-order valence-electron chi connectivity index (χ0n) is 31.3. The topological polar surface area (TPSA) is 72.0 Å². The minimum Gasteiger partial charge on any atom is -0.487 e. The maximum Gasteiger partial charge on any atom is 0.138 e. The van der Waals surface area contributed by atoms with Crippen molar-refractivity contribution < 1.29 is 4.74 Å². The number of ether oxygens (including phenoxy) is 1. The molecule has 0 aliphatic rings. The molecule has 0 unspecified atom stereocenters. The zero-order chi connectivity index (χ0) is 38.9. The second-order valence-electron chi connectivity index (χ2n) is 13.5. The van der Waals surface area contributed by atoms with Gasteiger partial charge in [-0.15, -0.1) is 22.7 Å². The van der Waals surface area contributed by atoms with E-state index in [4.69, 9.17) is 4.74 Å². The van der Waals surface area contributed by atoms with E-state index in [2.05, 4.69) is 152 Å². The highest BCUT2D eigenvalue weighted by molar-refractivity contribution is 7.22. The summed E-state index contributed by atoms with van der Waals surface area (Å²) in [4.78, 5) is 14.3. The Morgan fingerprint density at radius 1 is 0.448 bits per heavy atom. The molecule has 6 nitrogen and oxygen atoms in total. The van der Waals surface area contributed by atoms with Gasteiger partial charge in [-0.1, -0.05) is 115 Å². The minimum atomic E-state index is 0.513. The Morgan fingerprint density at radius 2 is 0.983 bits per heavy atom. The second-order valence-corrected chi connectivity index (χ2v) is 15.6. The van der Waals surface area contributed by atoms with Gasteiger partial charge in [0.25, 0.3) is 0 Å². The van der Waals surface area contributed by atoms with Crippen molar-refractivity contribution in [1.82, 2.24) is 15.0 Å². The highest BCUT2D eigenvalue weighted by Gasteiger charge is 2.11. The third kappa shape index (κ3) is 8.64. The van der Waals surface area contributed by atoms with Gasteiger partial charge in [-0.25, -0.2) is 0 Å². The highest BCUT2D eigenvalue weighted by Crippen LogP contribution is 2.38. The van der Waals surface area contributed by atoms with Crippen molar-refractivity contribution in [2.24, 2.45) is 0 Å². The Labute approximate surface area is 345 Å². The first-order valence-corrected chi connectivity index (χ1v) is 20.6. The van der Waals surface area contributed by atoms with Crippen molar-refractivity contribution in [2.75, 3.05) is 10.6 Å². The molecule has 0 fully saturated rings. The van der Waals surface area contributed by atoms with E-state index in [-0.39, 0.29) is 0 Å². The Bertz CT molecular complexity index is 2880. The number of nitrogens with zero attached hydrogens (tertiary/aromatic N) is 3. The SMILES string of the molecule is c1ccc(-c2ccc(Nc3cncc4sccc34)cc2)cc1.c1ccc(COc2cncc(-c3cc4c(Nc5ccc(-c6ccccc6)cc5)cncc4s3)c2)cc1. The average molecular weight is 788 g/mol. The van der Waals surface area contributed by atoms with Crippen molar-refractivity contribution in [1.29, 1.82) is 0 Å². The summed E-state index contributed by atoms with van der Waals surface area (Å²) in [5, 5.41) is 11.4. The fourth-order valence-corrected chi connectivity index (χ4v) is 8.45. The van der Waals surface area contributed by atoms with Crippen LogP contribution in [0.3, 0.4) is 0 Å². The molecule has 10 rings (SSSR count). The van der Waals surface area contributed by atoms with Crippen LogP contribution in [-0.4, -0.2) is 15.0 Å². The molecule has 10 aromatic rings. The van der Waals surface area contributed by atoms with E-state index in [1.165, 1.54) is 32.3 Å². The quantitative estimate of drug-likeness (QED) is 0.144. The van der Waals surface area contributed by atoms with Gasteiger partial charge in [-0.3, -0.25) is 15.0 Å². The van der Waals surface area contributed by atoms with Crippen molar-refractivity contribution in [3.8, 4) is 38.4 Å². The summed E-state index contributed by atoms with van der Waals surface area (Å²) in [7, 11) is 0. The number of pyridine rings is 3. The standard InChI is InChI=1S/C31H23N3OS.C19H14N2S/c1-3-7-22(8-4-1)21-35-27-15-25(17-32-18-27)30-16-28-29(19-33-20-31(28)36-30)34-26-13-11-24(12-14-26)23-9-5-2-6-10-23;1-2-4-14(5-3-1)15-6-8-16(9-7-15)21-18-12-20-13-19-17(18)10-11-22-19/h1-20,34H,21H2;1-13,21H. The molecular formula is C50H37N5OS2. The molecule has 0 spiro atoms. The number of thiophene rings is 2. The van der Waals surface area contributed by atoms with Crippen molar-refractivity contribution in [3.05, 3.63) is 206 Å². The van der Waals surface area contributed by atoms with E-state index >= 15 is 0 Å². The van der Waals surface area contributed by atoms with Gasteiger partial charge in [0.15, 0.2) is 0 Å². The Hall–Kier alpha value is -7.13. The van der Waals surface area contributed by atoms with Crippen LogP contribution in [0.2, 0.25) is 0 Å². The lowest BCUT2D eigenvalue weighted by Gasteiger charge is -2.09. The van der Waals surface area contributed by atoms with Crippen molar-refractivity contribution >= 4 is 65.6 Å². The van der Waals surface area contributed by atoms with Gasteiger partial charge >= 0.3 is 0 Å². The molecule has 5 aromatic carbocycles. The van der Waals surface area contributed by atoms with E-state index in [9.17, 15) is 0 Å². The number of benzene rings is 5. The molecule has 280 valence electrons. The predicted molar refractivity (Wildman–Crippen MR) is 244 cm³/mol. The van der Waals surface area contributed by atoms with E-state index in [1.54, 1.807) is 28.9 Å². The largest absolute Gasteiger partial charge is 0.487 e. The number of hydrogen-bond acceptors (Lipinski definition) is 8. The van der Waals surface area contributed by atoms with Crippen LogP contribution >= 0.6 is 22.7 Å². The summed E-state index contributed by atoms with van der Waals surface area (Å²) in [5.41, 5.74) is 11.1. The number of hydrogen-bond donors (Lipinski definition) is 2. The number of nitrogens with one attached hydrogen (secondary N) is 2. The van der Waals surface area contributed by atoms with Gasteiger partial charge in [-0.05, 0) is 75.7 Å². The summed E-state index contributed by atoms with van der Waals surface area (Å²) >= 11 is 3.41. The fraction of sp³-hybridized carbons (Fsp3) is 0.0200. The van der Waals surface area contributed by atoms with Gasteiger partial charge in [0.2, 0.25) is 0 Å². The third-order valence-electron chi connectivity index (χ3n) is 9.62. The molecule has 2 N–H and O–H groups in total. The molecule has 0 bridgehead atoms. The third-order valence-corrected chi connectivity index (χ3v) is 11.6. The summed E-state index contributed by atoms with van der Waals surface area (Å²) in [5.74, 6) is 0.754. The summed E-state index contributed by atoms with van der Waals surface area (Å²) in [6.07, 6.45) is 11.2. The number of rotatable bonds is 10. The summed E-state index contributed by atoms with van der Waals surface area (Å²) in [6.45, 7) is 0.513. The first kappa shape index (κ1) is 36.5. The van der Waals surface area contributed by atoms with Gasteiger partial charge in [0.05, 0.1) is 39.4 Å². The lowest BCUT2D eigenvalue weighted by atomic mass is 10.1. The maximum atomic E-state index is 5.99. The lowest BCUT2D eigenvalue weighted by molar-refractivity contribution is 0.305. The Balaban J connectivity index is 0.000000169. The van der Waals surface area contributed by atoms with Crippen LogP contribution in [-0.2, 0) is 6.61 Å². The van der Waals surface area contributed by atoms with Crippen LogP contribution in [0.15, 0.2) is 200 Å². The molecule has 5 heterocycles. The van der Waals surface area contributed by atoms with Crippen molar-refractivity contribution in [2.45, 2.75) is 6.61 Å². The second kappa shape index (κ2) is 17.3. The number of aromatic nitrogens is 3. The molecule has 0 radical (unpaired) electrons. The normalized spacial score (nSPS) is 10.8. The summed E-state index contributed by atoms with van der Waals surface area (Å²) in [6, 6.07) is 54.3. The predicted octanol–water partition coefficient (Wildman–Crippen LogP) is 14.1. The molecule has 58 heavy (non-hydrogen) atoms. The van der Waals surface area contributed by atoms with Gasteiger partial charge in [0, 0.05) is 51.2 Å². The average Bonchev–Trinajstić information content (AvgIpc) is 3.97. The molecule has 0 saturated heterocycles. The number of fused-ring (bicyclic) bond motifs is 2. The molecule has 8 heteroatoms. The highest BCUT2D eigenvalue weighted by atomic mass is 32.1. The molecule has 0 aliphatic carbocycles. The zero-order valence-corrected chi connectivity index (χ0v) is 33.0. The van der Waals surface area contributed by atoms with E-state index < -0.39 is 0 Å². The fourth-order valence-electron chi connectivity index (χ4n) is 6.63. The van der Waals surface area contributed by atoms with Crippen LogP contribution in [0.5, 0.6) is 5.75 Å². The maximum absolute atomic E-state index is 5.99. The van der Waals surface area contributed by atoms with Crippen LogP contribution in [0, 0.1) is 0 Å². The molecule has 5 aromatic heterocycles. The molecule has 0 saturated carbocycles. The summed E-state index contributed by atoms with van der Waals surface area (Å²) < 4.78 is 8.31. The van der Waals surface area contributed by atoms with Crippen molar-refractivity contribution in [3.63, 3.8) is 0 Å². The molecule has 0 atom stereocenters. The monoisotopic (exact) mass is 787 g/mol. The Kier molecular flexibility index (Phi) is 10.9. The first-order valence-electron chi connectivity index (χ1n) is 18.9. The van der Waals surface area contributed by atoms with Crippen LogP contribution in [0.1, 0.15) is 5.56 Å². The minimum absolute atomic E-state index is 0.513. The first-order chi connectivity index (χ1) is 28.7. The van der Waals surface area contributed by atoms with E-state index in [0.29, 0.717) is 6.61 Å². The van der Waals surface area contributed by atoms with E-state index in [1.807, 2.05) is 67.4 Å². The van der Waals surface area contributed by atoms with Crippen LogP contribution < -0.4 is 15.4 Å². The smallest absolute Gasteiger partial charge is 0.138 e. The number of anilines is 4. The van der Waals surface area contributed by atoms with E-state index in [0.717, 1.165) is 54.6 Å². The van der Waals surface area contributed by atoms with Gasteiger partial charge < -0.3 is 15.4 Å². The van der Waals surface area contributed by atoms with Gasteiger partial charge in [-0.2, -0.15) is 0 Å². The molecule has 0 aliphatic heterocycles. The van der Waals surface area contributed by atoms with Crippen LogP contribution in [0.25, 0.3) is 52.9 Å². The Morgan fingerprint density at radius 3 is 1.60 bits per heavy atom. The van der Waals surface area contributed by atoms with Crippen LogP contribution in [0.4, 0.5) is 22.7 Å². The lowest BCUT2D eigenvalue weighted by Crippen LogP contribution is -1.95. The van der Waals surface area contributed by atoms with Gasteiger partial charge in [0.1, 0.15) is 12.4 Å².